The SMILES string of the molecule is Cc1cc(C2(C(=O)O)OC(c3ccccc3)=NC2(C)C)ccn1. The van der Waals surface area contributed by atoms with Crippen LogP contribution in [0, 0.1) is 6.92 Å². The number of pyridine rings is 1. The van der Waals surface area contributed by atoms with Gasteiger partial charge in [-0.15, -0.1) is 0 Å². The van der Waals surface area contributed by atoms with Crippen LogP contribution >= 0.6 is 0 Å². The lowest BCUT2D eigenvalue weighted by Gasteiger charge is -2.34. The van der Waals surface area contributed by atoms with Gasteiger partial charge >= 0.3 is 5.97 Å². The number of benzene rings is 1. The molecule has 0 radical (unpaired) electrons. The predicted molar refractivity (Wildman–Crippen MR) is 86.4 cm³/mol. The number of aromatic nitrogens is 1. The van der Waals surface area contributed by atoms with Gasteiger partial charge in [-0.05, 0) is 45.0 Å². The second-order valence-electron chi connectivity index (χ2n) is 6.12. The second-order valence-corrected chi connectivity index (χ2v) is 6.12. The summed E-state index contributed by atoms with van der Waals surface area (Å²) in [6.45, 7) is 5.36. The van der Waals surface area contributed by atoms with Crippen molar-refractivity contribution in [3.05, 3.63) is 65.5 Å². The van der Waals surface area contributed by atoms with Crippen LogP contribution in [0.25, 0.3) is 0 Å². The first-order chi connectivity index (χ1) is 10.9. The van der Waals surface area contributed by atoms with E-state index in [0.29, 0.717) is 11.5 Å². The molecule has 1 atom stereocenters. The summed E-state index contributed by atoms with van der Waals surface area (Å²) in [5.74, 6) is -0.727. The molecule has 0 fully saturated rings. The van der Waals surface area contributed by atoms with Gasteiger partial charge in [0, 0.05) is 23.0 Å². The molecule has 0 saturated heterocycles. The van der Waals surface area contributed by atoms with Crippen molar-refractivity contribution >= 4 is 11.9 Å². The second kappa shape index (κ2) is 5.19. The van der Waals surface area contributed by atoms with Crippen LogP contribution < -0.4 is 0 Å². The Morgan fingerprint density at radius 2 is 1.87 bits per heavy atom. The Labute approximate surface area is 134 Å². The number of hydrogen-bond acceptors (Lipinski definition) is 4. The summed E-state index contributed by atoms with van der Waals surface area (Å²) in [4.78, 5) is 20.9. The first-order valence-electron chi connectivity index (χ1n) is 7.38. The van der Waals surface area contributed by atoms with Gasteiger partial charge in [0.1, 0.15) is 5.54 Å². The van der Waals surface area contributed by atoms with Crippen molar-refractivity contribution in [2.24, 2.45) is 4.99 Å². The van der Waals surface area contributed by atoms with E-state index < -0.39 is 17.1 Å². The van der Waals surface area contributed by atoms with Crippen molar-refractivity contribution in [1.29, 1.82) is 0 Å². The Bertz CT molecular complexity index is 784. The quantitative estimate of drug-likeness (QED) is 0.946. The summed E-state index contributed by atoms with van der Waals surface area (Å²) in [6.07, 6.45) is 1.59. The molecule has 5 nitrogen and oxygen atoms in total. The van der Waals surface area contributed by atoms with Crippen LogP contribution in [0.3, 0.4) is 0 Å². The average Bonchev–Trinajstić information content (AvgIpc) is 2.81. The van der Waals surface area contributed by atoms with Gasteiger partial charge in [0.25, 0.3) is 5.60 Å². The Morgan fingerprint density at radius 3 is 2.48 bits per heavy atom. The molecule has 5 heteroatoms. The van der Waals surface area contributed by atoms with Crippen molar-refractivity contribution in [3.63, 3.8) is 0 Å². The van der Waals surface area contributed by atoms with E-state index in [4.69, 9.17) is 4.74 Å². The van der Waals surface area contributed by atoms with E-state index in [1.165, 1.54) is 0 Å². The maximum atomic E-state index is 12.2. The molecular weight excluding hydrogens is 292 g/mol. The lowest BCUT2D eigenvalue weighted by molar-refractivity contribution is -0.161. The van der Waals surface area contributed by atoms with Crippen molar-refractivity contribution < 1.29 is 14.6 Å². The van der Waals surface area contributed by atoms with Crippen LogP contribution in [0.5, 0.6) is 0 Å². The van der Waals surface area contributed by atoms with E-state index in [1.54, 1.807) is 32.2 Å². The topological polar surface area (TPSA) is 71.8 Å². The van der Waals surface area contributed by atoms with Gasteiger partial charge in [-0.25, -0.2) is 9.79 Å². The van der Waals surface area contributed by atoms with E-state index in [-0.39, 0.29) is 0 Å². The molecular formula is C18H18N2O3. The highest BCUT2D eigenvalue weighted by Gasteiger charge is 2.60. The first kappa shape index (κ1) is 15.2. The fraction of sp³-hybridized carbons (Fsp3) is 0.278. The molecule has 2 heterocycles. The van der Waals surface area contributed by atoms with Crippen molar-refractivity contribution in [1.82, 2.24) is 4.98 Å². The lowest BCUT2D eigenvalue weighted by Crippen LogP contribution is -2.51. The fourth-order valence-corrected chi connectivity index (χ4v) is 2.94. The Kier molecular flexibility index (Phi) is 3.43. The number of aryl methyl sites for hydroxylation is 1. The molecule has 0 bridgehead atoms. The van der Waals surface area contributed by atoms with E-state index in [9.17, 15) is 9.90 Å². The number of carboxylic acid groups (broad SMARTS) is 1. The maximum absolute atomic E-state index is 12.2. The average molecular weight is 310 g/mol. The van der Waals surface area contributed by atoms with E-state index in [2.05, 4.69) is 9.98 Å². The molecule has 0 aliphatic carbocycles. The molecule has 0 saturated carbocycles. The summed E-state index contributed by atoms with van der Waals surface area (Å²) in [7, 11) is 0. The van der Waals surface area contributed by atoms with Crippen LogP contribution in [-0.4, -0.2) is 27.5 Å². The summed E-state index contributed by atoms with van der Waals surface area (Å²) in [5.41, 5.74) is -0.508. The van der Waals surface area contributed by atoms with Gasteiger partial charge in [-0.2, -0.15) is 0 Å². The Hall–Kier alpha value is -2.69. The molecule has 2 aromatic rings. The Morgan fingerprint density at radius 1 is 1.17 bits per heavy atom. The minimum absolute atomic E-state index is 0.340. The number of hydrogen-bond donors (Lipinski definition) is 1. The van der Waals surface area contributed by atoms with Crippen LogP contribution in [0.4, 0.5) is 0 Å². The molecule has 0 amide bonds. The van der Waals surface area contributed by atoms with Gasteiger partial charge in [0.15, 0.2) is 0 Å². The molecule has 3 rings (SSSR count). The number of aliphatic carboxylic acids is 1. The van der Waals surface area contributed by atoms with Crippen molar-refractivity contribution in [3.8, 4) is 0 Å². The third-order valence-corrected chi connectivity index (χ3v) is 4.12. The molecule has 118 valence electrons. The first-order valence-corrected chi connectivity index (χ1v) is 7.38. The highest BCUT2D eigenvalue weighted by atomic mass is 16.5. The third-order valence-electron chi connectivity index (χ3n) is 4.12. The minimum atomic E-state index is -1.58. The van der Waals surface area contributed by atoms with Crippen LogP contribution in [0.2, 0.25) is 0 Å². The molecule has 1 unspecified atom stereocenters. The number of rotatable bonds is 3. The van der Waals surface area contributed by atoms with E-state index in [0.717, 1.165) is 11.3 Å². The van der Waals surface area contributed by atoms with Crippen LogP contribution in [0.1, 0.15) is 30.7 Å². The highest BCUT2D eigenvalue weighted by Crippen LogP contribution is 2.45. The maximum Gasteiger partial charge on any atom is 0.355 e. The Balaban J connectivity index is 2.15. The summed E-state index contributed by atoms with van der Waals surface area (Å²) in [6, 6.07) is 12.7. The van der Waals surface area contributed by atoms with Crippen molar-refractivity contribution in [2.45, 2.75) is 31.9 Å². The van der Waals surface area contributed by atoms with Crippen LogP contribution in [0.15, 0.2) is 53.7 Å². The standard InChI is InChI=1S/C18H18N2O3/c1-12-11-14(9-10-19-12)18(16(21)22)17(2,3)20-15(23-18)13-7-5-4-6-8-13/h4-11H,1-3H3,(H,21,22). The number of ether oxygens (including phenoxy) is 1. The number of carbonyl (C=O) groups is 1. The third kappa shape index (κ3) is 2.29. The highest BCUT2D eigenvalue weighted by molar-refractivity contribution is 6.00. The van der Waals surface area contributed by atoms with E-state index >= 15 is 0 Å². The zero-order valence-corrected chi connectivity index (χ0v) is 13.3. The van der Waals surface area contributed by atoms with Gasteiger partial charge in [0.05, 0.1) is 0 Å². The molecule has 1 aromatic carbocycles. The van der Waals surface area contributed by atoms with Gasteiger partial charge in [-0.1, -0.05) is 18.2 Å². The fourth-order valence-electron chi connectivity index (χ4n) is 2.94. The van der Waals surface area contributed by atoms with Gasteiger partial charge < -0.3 is 9.84 Å². The number of carboxylic acids is 1. The summed E-state index contributed by atoms with van der Waals surface area (Å²) >= 11 is 0. The molecule has 0 spiro atoms. The minimum Gasteiger partial charge on any atom is -0.478 e. The zero-order chi connectivity index (χ0) is 16.7. The lowest BCUT2D eigenvalue weighted by atomic mass is 9.78. The molecule has 23 heavy (non-hydrogen) atoms. The largest absolute Gasteiger partial charge is 0.478 e. The predicted octanol–water partition coefficient (Wildman–Crippen LogP) is 2.93. The smallest absolute Gasteiger partial charge is 0.355 e. The number of nitrogens with zero attached hydrogens (tertiary/aromatic N) is 2. The van der Waals surface area contributed by atoms with Gasteiger partial charge in [-0.3, -0.25) is 4.98 Å². The zero-order valence-electron chi connectivity index (χ0n) is 13.3. The molecule has 1 aliphatic rings. The van der Waals surface area contributed by atoms with Gasteiger partial charge in [0.2, 0.25) is 5.90 Å². The molecule has 1 aromatic heterocycles. The van der Waals surface area contributed by atoms with Crippen LogP contribution in [-0.2, 0) is 15.1 Å². The normalized spacial score (nSPS) is 22.3. The monoisotopic (exact) mass is 310 g/mol. The summed E-state index contributed by atoms with van der Waals surface area (Å²) in [5, 5.41) is 9.99. The van der Waals surface area contributed by atoms with E-state index in [1.807, 2.05) is 37.3 Å². The number of aliphatic imine (C=N–C) groups is 1. The molecule has 1 aliphatic heterocycles. The summed E-state index contributed by atoms with van der Waals surface area (Å²) < 4.78 is 5.98. The molecule has 1 N–H and O–H groups in total. The van der Waals surface area contributed by atoms with Crippen molar-refractivity contribution in [2.75, 3.05) is 0 Å².